The van der Waals surface area contributed by atoms with Gasteiger partial charge in [-0.2, -0.15) is 0 Å². The van der Waals surface area contributed by atoms with E-state index in [9.17, 15) is 9.50 Å². The van der Waals surface area contributed by atoms with Crippen LogP contribution in [0.25, 0.3) is 0 Å². The second-order valence-corrected chi connectivity index (χ2v) is 5.44. The first kappa shape index (κ1) is 13.4. The lowest BCUT2D eigenvalue weighted by molar-refractivity contribution is 0.171. The molecule has 1 heterocycles. The van der Waals surface area contributed by atoms with E-state index in [1.165, 1.54) is 6.07 Å². The van der Waals surface area contributed by atoms with Crippen LogP contribution >= 0.6 is 15.9 Å². The van der Waals surface area contributed by atoms with Gasteiger partial charge < -0.3 is 14.6 Å². The number of ether oxygens (including phenoxy) is 2. The molecule has 1 N–H and O–H groups in total. The molecule has 2 aromatic rings. The van der Waals surface area contributed by atoms with Gasteiger partial charge in [0.25, 0.3) is 0 Å². The molecule has 1 aliphatic heterocycles. The van der Waals surface area contributed by atoms with Crippen LogP contribution in [0.2, 0.25) is 0 Å². The smallest absolute Gasteiger partial charge is 0.231 e. The highest BCUT2D eigenvalue weighted by molar-refractivity contribution is 9.10. The molecule has 0 spiro atoms. The second-order valence-electron chi connectivity index (χ2n) is 4.58. The molecule has 0 radical (unpaired) electrons. The van der Waals surface area contributed by atoms with Crippen LogP contribution in [-0.2, 0) is 6.42 Å². The maximum Gasteiger partial charge on any atom is 0.231 e. The molecular formula is C15H12BrFO3. The summed E-state index contributed by atoms with van der Waals surface area (Å²) in [6.07, 6.45) is -0.278. The lowest BCUT2D eigenvalue weighted by Crippen LogP contribution is -2.02. The van der Waals surface area contributed by atoms with Crippen molar-refractivity contribution >= 4 is 15.9 Å². The number of halogens is 2. The van der Waals surface area contributed by atoms with E-state index in [2.05, 4.69) is 15.9 Å². The molecule has 0 fully saturated rings. The number of hydrogen-bond acceptors (Lipinski definition) is 3. The fourth-order valence-corrected chi connectivity index (χ4v) is 2.55. The fourth-order valence-electron chi connectivity index (χ4n) is 2.13. The molecular weight excluding hydrogens is 327 g/mol. The van der Waals surface area contributed by atoms with Gasteiger partial charge in [-0.05, 0) is 51.3 Å². The lowest BCUT2D eigenvalue weighted by Gasteiger charge is -2.12. The molecule has 20 heavy (non-hydrogen) atoms. The molecule has 1 aliphatic rings. The Labute approximate surface area is 124 Å². The van der Waals surface area contributed by atoms with Crippen LogP contribution < -0.4 is 9.47 Å². The number of benzene rings is 2. The largest absolute Gasteiger partial charge is 0.454 e. The van der Waals surface area contributed by atoms with E-state index in [0.29, 0.717) is 22.4 Å². The molecule has 1 unspecified atom stereocenters. The van der Waals surface area contributed by atoms with Crippen molar-refractivity contribution in [3.05, 3.63) is 57.8 Å². The Balaban J connectivity index is 1.78. The van der Waals surface area contributed by atoms with Crippen LogP contribution in [0, 0.1) is 5.82 Å². The third-order valence-electron chi connectivity index (χ3n) is 3.19. The molecule has 5 heteroatoms. The van der Waals surface area contributed by atoms with Gasteiger partial charge in [0.05, 0.1) is 10.6 Å². The molecule has 3 rings (SSSR count). The SMILES string of the molecule is OC(Cc1ccc(F)c(Br)c1)c1ccc2c(c1)OCO2. The van der Waals surface area contributed by atoms with Crippen molar-refractivity contribution < 1.29 is 19.0 Å². The van der Waals surface area contributed by atoms with Gasteiger partial charge >= 0.3 is 0 Å². The summed E-state index contributed by atoms with van der Waals surface area (Å²) in [5.41, 5.74) is 1.60. The van der Waals surface area contributed by atoms with Gasteiger partial charge in [0.2, 0.25) is 6.79 Å². The number of hydrogen-bond donors (Lipinski definition) is 1. The van der Waals surface area contributed by atoms with Gasteiger partial charge in [-0.1, -0.05) is 12.1 Å². The summed E-state index contributed by atoms with van der Waals surface area (Å²) in [5.74, 6) is 1.01. The minimum Gasteiger partial charge on any atom is -0.454 e. The molecule has 3 nitrogen and oxygen atoms in total. The first-order valence-electron chi connectivity index (χ1n) is 6.15. The summed E-state index contributed by atoms with van der Waals surface area (Å²) >= 11 is 3.14. The van der Waals surface area contributed by atoms with Gasteiger partial charge in [-0.25, -0.2) is 4.39 Å². The van der Waals surface area contributed by atoms with E-state index in [4.69, 9.17) is 9.47 Å². The van der Waals surface area contributed by atoms with Crippen LogP contribution in [0.3, 0.4) is 0 Å². The third kappa shape index (κ3) is 2.64. The Bertz CT molecular complexity index is 645. The van der Waals surface area contributed by atoms with Gasteiger partial charge in [0.1, 0.15) is 5.82 Å². The normalized spacial score (nSPS) is 14.3. The molecule has 104 valence electrons. The summed E-state index contributed by atoms with van der Waals surface area (Å²) < 4.78 is 24.1. The van der Waals surface area contributed by atoms with Crippen molar-refractivity contribution in [2.75, 3.05) is 6.79 Å². The number of aliphatic hydroxyl groups excluding tert-OH is 1. The highest BCUT2D eigenvalue weighted by Gasteiger charge is 2.17. The highest BCUT2D eigenvalue weighted by Crippen LogP contribution is 2.35. The number of rotatable bonds is 3. The van der Waals surface area contributed by atoms with Crippen LogP contribution in [0.1, 0.15) is 17.2 Å². The molecule has 0 saturated carbocycles. The zero-order valence-electron chi connectivity index (χ0n) is 10.5. The maximum absolute atomic E-state index is 13.2. The van der Waals surface area contributed by atoms with Crippen molar-refractivity contribution in [2.24, 2.45) is 0 Å². The molecule has 0 amide bonds. The van der Waals surface area contributed by atoms with Crippen molar-refractivity contribution in [3.63, 3.8) is 0 Å². The Morgan fingerprint density at radius 2 is 1.95 bits per heavy atom. The van der Waals surface area contributed by atoms with Gasteiger partial charge in [0.15, 0.2) is 11.5 Å². The van der Waals surface area contributed by atoms with E-state index < -0.39 is 6.10 Å². The quantitative estimate of drug-likeness (QED) is 0.929. The average molecular weight is 339 g/mol. The molecule has 0 aliphatic carbocycles. The van der Waals surface area contributed by atoms with Crippen LogP contribution in [0.4, 0.5) is 4.39 Å². The Kier molecular flexibility index (Phi) is 3.63. The topological polar surface area (TPSA) is 38.7 Å². The summed E-state index contributed by atoms with van der Waals surface area (Å²) in [4.78, 5) is 0. The van der Waals surface area contributed by atoms with Gasteiger partial charge in [-0.15, -0.1) is 0 Å². The van der Waals surface area contributed by atoms with Crippen molar-refractivity contribution in [2.45, 2.75) is 12.5 Å². The number of fused-ring (bicyclic) bond motifs is 1. The maximum atomic E-state index is 13.2. The first-order chi connectivity index (χ1) is 9.63. The Morgan fingerprint density at radius 3 is 2.75 bits per heavy atom. The van der Waals surface area contributed by atoms with E-state index in [1.807, 2.05) is 0 Å². The molecule has 0 saturated heterocycles. The zero-order chi connectivity index (χ0) is 14.1. The van der Waals surface area contributed by atoms with Gasteiger partial charge in [-0.3, -0.25) is 0 Å². The molecule has 0 aromatic heterocycles. The van der Waals surface area contributed by atoms with E-state index in [-0.39, 0.29) is 12.6 Å². The predicted molar refractivity (Wildman–Crippen MR) is 75.3 cm³/mol. The predicted octanol–water partition coefficient (Wildman–Crippen LogP) is 3.59. The minimum atomic E-state index is -0.679. The minimum absolute atomic E-state index is 0.208. The second kappa shape index (κ2) is 5.42. The highest BCUT2D eigenvalue weighted by atomic mass is 79.9. The summed E-state index contributed by atoms with van der Waals surface area (Å²) in [6, 6.07) is 10.1. The fraction of sp³-hybridized carbons (Fsp3) is 0.200. The summed E-state index contributed by atoms with van der Waals surface area (Å²) in [6.45, 7) is 0.208. The first-order valence-corrected chi connectivity index (χ1v) is 6.94. The monoisotopic (exact) mass is 338 g/mol. The average Bonchev–Trinajstić information content (AvgIpc) is 2.90. The van der Waals surface area contributed by atoms with Crippen LogP contribution in [-0.4, -0.2) is 11.9 Å². The van der Waals surface area contributed by atoms with E-state index >= 15 is 0 Å². The van der Waals surface area contributed by atoms with Crippen LogP contribution in [0.15, 0.2) is 40.9 Å². The van der Waals surface area contributed by atoms with E-state index in [1.54, 1.807) is 30.3 Å². The van der Waals surface area contributed by atoms with Crippen molar-refractivity contribution in [1.82, 2.24) is 0 Å². The lowest BCUT2D eigenvalue weighted by atomic mass is 10.0. The Hall–Kier alpha value is -1.59. The Morgan fingerprint density at radius 1 is 1.15 bits per heavy atom. The molecule has 0 bridgehead atoms. The van der Waals surface area contributed by atoms with Gasteiger partial charge in [0, 0.05) is 6.42 Å². The third-order valence-corrected chi connectivity index (χ3v) is 3.80. The number of aliphatic hydroxyl groups is 1. The van der Waals surface area contributed by atoms with Crippen LogP contribution in [0.5, 0.6) is 11.5 Å². The van der Waals surface area contributed by atoms with Crippen molar-refractivity contribution in [3.8, 4) is 11.5 Å². The standard InChI is InChI=1S/C15H12BrFO3/c16-11-5-9(1-3-12(11)17)6-13(18)10-2-4-14-15(7-10)20-8-19-14/h1-5,7,13,18H,6,8H2. The molecule has 1 atom stereocenters. The molecule has 2 aromatic carbocycles. The zero-order valence-corrected chi connectivity index (χ0v) is 12.1. The van der Waals surface area contributed by atoms with E-state index in [0.717, 1.165) is 11.1 Å². The summed E-state index contributed by atoms with van der Waals surface area (Å²) in [7, 11) is 0. The van der Waals surface area contributed by atoms with Crippen molar-refractivity contribution in [1.29, 1.82) is 0 Å². The summed E-state index contributed by atoms with van der Waals surface area (Å²) in [5, 5.41) is 10.3.